The Bertz CT molecular complexity index is 739. The van der Waals surface area contributed by atoms with E-state index in [2.05, 4.69) is 20.7 Å². The van der Waals surface area contributed by atoms with Crippen LogP contribution in [0.2, 0.25) is 5.15 Å². The van der Waals surface area contributed by atoms with Crippen LogP contribution in [0.15, 0.2) is 35.7 Å². The minimum atomic E-state index is 0.537. The van der Waals surface area contributed by atoms with Crippen molar-refractivity contribution in [3.8, 4) is 0 Å². The van der Waals surface area contributed by atoms with Crippen LogP contribution in [0.3, 0.4) is 0 Å². The number of pyridine rings is 1. The van der Waals surface area contributed by atoms with Gasteiger partial charge in [0.2, 0.25) is 0 Å². The SMILES string of the molecule is Cc1nc(CCNc2cc3ccccc3c(Cl)n2)cs1. The van der Waals surface area contributed by atoms with E-state index >= 15 is 0 Å². The molecule has 0 saturated carbocycles. The Kier molecular flexibility index (Phi) is 3.85. The molecule has 0 aliphatic carbocycles. The molecule has 1 aromatic carbocycles. The maximum absolute atomic E-state index is 6.20. The predicted molar refractivity (Wildman–Crippen MR) is 85.8 cm³/mol. The smallest absolute Gasteiger partial charge is 0.139 e. The van der Waals surface area contributed by atoms with E-state index in [1.54, 1.807) is 11.3 Å². The van der Waals surface area contributed by atoms with Crippen molar-refractivity contribution in [2.45, 2.75) is 13.3 Å². The molecule has 0 aliphatic heterocycles. The highest BCUT2D eigenvalue weighted by Crippen LogP contribution is 2.24. The van der Waals surface area contributed by atoms with Crippen LogP contribution in [0, 0.1) is 6.92 Å². The van der Waals surface area contributed by atoms with Crippen LogP contribution >= 0.6 is 22.9 Å². The van der Waals surface area contributed by atoms with Crippen LogP contribution in [-0.2, 0) is 6.42 Å². The second kappa shape index (κ2) is 5.77. The van der Waals surface area contributed by atoms with Gasteiger partial charge in [0.25, 0.3) is 0 Å². The summed E-state index contributed by atoms with van der Waals surface area (Å²) in [5.74, 6) is 0.806. The van der Waals surface area contributed by atoms with Gasteiger partial charge in [-0.15, -0.1) is 11.3 Å². The highest BCUT2D eigenvalue weighted by Gasteiger charge is 2.04. The van der Waals surface area contributed by atoms with E-state index in [1.807, 2.05) is 37.3 Å². The van der Waals surface area contributed by atoms with Gasteiger partial charge in [-0.2, -0.15) is 0 Å². The van der Waals surface area contributed by atoms with Gasteiger partial charge in [0.1, 0.15) is 11.0 Å². The fourth-order valence-electron chi connectivity index (χ4n) is 2.09. The molecule has 0 radical (unpaired) electrons. The van der Waals surface area contributed by atoms with Crippen molar-refractivity contribution in [1.82, 2.24) is 9.97 Å². The Labute approximate surface area is 126 Å². The number of hydrogen-bond donors (Lipinski definition) is 1. The number of hydrogen-bond acceptors (Lipinski definition) is 4. The molecule has 2 aromatic heterocycles. The van der Waals surface area contributed by atoms with Gasteiger partial charge in [-0.05, 0) is 18.4 Å². The second-order valence-electron chi connectivity index (χ2n) is 4.55. The lowest BCUT2D eigenvalue weighted by atomic mass is 10.2. The third-order valence-corrected chi connectivity index (χ3v) is 4.16. The van der Waals surface area contributed by atoms with Gasteiger partial charge < -0.3 is 5.32 Å². The molecule has 3 nitrogen and oxygen atoms in total. The topological polar surface area (TPSA) is 37.8 Å². The van der Waals surface area contributed by atoms with Crippen molar-refractivity contribution in [1.29, 1.82) is 0 Å². The highest BCUT2D eigenvalue weighted by molar-refractivity contribution is 7.09. The number of rotatable bonds is 4. The molecular formula is C15H14ClN3S. The first-order chi connectivity index (χ1) is 9.72. The number of aryl methyl sites for hydroxylation is 1. The Balaban J connectivity index is 1.71. The number of nitrogens with one attached hydrogen (secondary N) is 1. The van der Waals surface area contributed by atoms with E-state index < -0.39 is 0 Å². The maximum atomic E-state index is 6.20. The van der Waals surface area contributed by atoms with Crippen LogP contribution in [0.4, 0.5) is 5.82 Å². The molecular weight excluding hydrogens is 290 g/mol. The summed E-state index contributed by atoms with van der Waals surface area (Å²) in [6.07, 6.45) is 0.885. The first-order valence-corrected chi connectivity index (χ1v) is 7.68. The zero-order valence-electron chi connectivity index (χ0n) is 11.1. The van der Waals surface area contributed by atoms with Crippen LogP contribution in [0.5, 0.6) is 0 Å². The molecule has 0 atom stereocenters. The number of nitrogens with zero attached hydrogens (tertiary/aromatic N) is 2. The first kappa shape index (κ1) is 13.3. The predicted octanol–water partition coefficient (Wildman–Crippen LogP) is 4.31. The van der Waals surface area contributed by atoms with Crippen LogP contribution < -0.4 is 5.32 Å². The zero-order chi connectivity index (χ0) is 13.9. The lowest BCUT2D eigenvalue weighted by molar-refractivity contribution is 0.961. The van der Waals surface area contributed by atoms with E-state index in [0.717, 1.165) is 40.3 Å². The molecule has 0 bridgehead atoms. The van der Waals surface area contributed by atoms with Gasteiger partial charge in [-0.3, -0.25) is 0 Å². The summed E-state index contributed by atoms with van der Waals surface area (Å²) in [4.78, 5) is 8.82. The molecule has 5 heteroatoms. The summed E-state index contributed by atoms with van der Waals surface area (Å²) >= 11 is 7.88. The second-order valence-corrected chi connectivity index (χ2v) is 5.97. The third-order valence-electron chi connectivity index (χ3n) is 3.05. The van der Waals surface area contributed by atoms with Crippen LogP contribution in [0.1, 0.15) is 10.7 Å². The first-order valence-electron chi connectivity index (χ1n) is 6.42. The normalized spacial score (nSPS) is 10.9. The maximum Gasteiger partial charge on any atom is 0.139 e. The molecule has 1 N–H and O–H groups in total. The molecule has 0 spiro atoms. The Hall–Kier alpha value is -1.65. The van der Waals surface area contributed by atoms with Gasteiger partial charge in [-0.1, -0.05) is 35.9 Å². The van der Waals surface area contributed by atoms with E-state index in [0.29, 0.717) is 5.15 Å². The lowest BCUT2D eigenvalue weighted by Gasteiger charge is -2.07. The fourth-order valence-corrected chi connectivity index (χ4v) is 3.00. The number of aromatic nitrogens is 2. The molecule has 0 fully saturated rings. The van der Waals surface area contributed by atoms with Crippen molar-refractivity contribution in [3.63, 3.8) is 0 Å². The van der Waals surface area contributed by atoms with Gasteiger partial charge in [-0.25, -0.2) is 9.97 Å². The monoisotopic (exact) mass is 303 g/mol. The van der Waals surface area contributed by atoms with Crippen molar-refractivity contribution in [2.24, 2.45) is 0 Å². The van der Waals surface area contributed by atoms with Gasteiger partial charge >= 0.3 is 0 Å². The third kappa shape index (κ3) is 2.92. The largest absolute Gasteiger partial charge is 0.370 e. The summed E-state index contributed by atoms with van der Waals surface area (Å²) < 4.78 is 0. The lowest BCUT2D eigenvalue weighted by Crippen LogP contribution is -2.06. The van der Waals surface area contributed by atoms with Crippen LogP contribution in [-0.4, -0.2) is 16.5 Å². The molecule has 0 amide bonds. The minimum Gasteiger partial charge on any atom is -0.370 e. The van der Waals surface area contributed by atoms with Gasteiger partial charge in [0, 0.05) is 23.7 Å². The quantitative estimate of drug-likeness (QED) is 0.730. The van der Waals surface area contributed by atoms with E-state index in [-0.39, 0.29) is 0 Å². The fraction of sp³-hybridized carbons (Fsp3) is 0.200. The minimum absolute atomic E-state index is 0.537. The molecule has 20 heavy (non-hydrogen) atoms. The molecule has 3 rings (SSSR count). The average molecular weight is 304 g/mol. The number of thiazole rings is 1. The Morgan fingerprint density at radius 2 is 2.10 bits per heavy atom. The van der Waals surface area contributed by atoms with E-state index in [4.69, 9.17) is 11.6 Å². The summed E-state index contributed by atoms with van der Waals surface area (Å²) in [6.45, 7) is 2.82. The van der Waals surface area contributed by atoms with E-state index in [9.17, 15) is 0 Å². The van der Waals surface area contributed by atoms with Crippen molar-refractivity contribution >= 4 is 39.5 Å². The van der Waals surface area contributed by atoms with Crippen molar-refractivity contribution in [3.05, 3.63) is 51.6 Å². The molecule has 0 aliphatic rings. The molecule has 0 saturated heterocycles. The van der Waals surface area contributed by atoms with Crippen LogP contribution in [0.25, 0.3) is 10.8 Å². The highest BCUT2D eigenvalue weighted by atomic mass is 35.5. The van der Waals surface area contributed by atoms with Crippen molar-refractivity contribution < 1.29 is 0 Å². The number of fused-ring (bicyclic) bond motifs is 1. The van der Waals surface area contributed by atoms with E-state index in [1.165, 1.54) is 0 Å². The molecule has 3 aromatic rings. The van der Waals surface area contributed by atoms with Gasteiger partial charge in [0.05, 0.1) is 10.7 Å². The Morgan fingerprint density at radius 1 is 1.25 bits per heavy atom. The summed E-state index contributed by atoms with van der Waals surface area (Å²) in [7, 11) is 0. The Morgan fingerprint density at radius 3 is 2.90 bits per heavy atom. The molecule has 2 heterocycles. The zero-order valence-corrected chi connectivity index (χ0v) is 12.6. The number of anilines is 1. The summed E-state index contributed by atoms with van der Waals surface area (Å²) in [6, 6.07) is 10.0. The van der Waals surface area contributed by atoms with Crippen molar-refractivity contribution in [2.75, 3.05) is 11.9 Å². The summed E-state index contributed by atoms with van der Waals surface area (Å²) in [5.41, 5.74) is 1.12. The summed E-state index contributed by atoms with van der Waals surface area (Å²) in [5, 5.41) is 9.12. The standard InChI is InChI=1S/C15H14ClN3S/c1-10-18-12(9-20-10)6-7-17-14-8-11-4-2-3-5-13(11)15(16)19-14/h2-5,8-9H,6-7H2,1H3,(H,17,19). The molecule has 102 valence electrons. The number of benzene rings is 1. The average Bonchev–Trinajstić information content (AvgIpc) is 2.85. The van der Waals surface area contributed by atoms with Gasteiger partial charge in [0.15, 0.2) is 0 Å². The molecule has 0 unspecified atom stereocenters. The number of halogens is 1.